The predicted octanol–water partition coefficient (Wildman–Crippen LogP) is 5.85. The zero-order valence-corrected chi connectivity index (χ0v) is 19.1. The van der Waals surface area contributed by atoms with Gasteiger partial charge < -0.3 is 9.80 Å². The van der Waals surface area contributed by atoms with Crippen LogP contribution in [-0.2, 0) is 20.0 Å². The van der Waals surface area contributed by atoms with Crippen LogP contribution >= 0.6 is 0 Å². The number of nitrogens with zero attached hydrogens (tertiary/aromatic N) is 4. The molecule has 2 aromatic carbocycles. The molecule has 1 aliphatic rings. The van der Waals surface area contributed by atoms with E-state index in [2.05, 4.69) is 91.7 Å². The van der Waals surface area contributed by atoms with Gasteiger partial charge >= 0.3 is 0 Å². The van der Waals surface area contributed by atoms with Crippen molar-refractivity contribution in [2.24, 2.45) is 7.05 Å². The van der Waals surface area contributed by atoms with Gasteiger partial charge in [-0.1, -0.05) is 55.0 Å². The summed E-state index contributed by atoms with van der Waals surface area (Å²) in [5, 5.41) is 5.06. The summed E-state index contributed by atoms with van der Waals surface area (Å²) in [4.78, 5) is 4.97. The number of benzene rings is 2. The fraction of sp³-hybridized carbons (Fsp3) is 0.423. The summed E-state index contributed by atoms with van der Waals surface area (Å²) in [5.41, 5.74) is 8.07. The van der Waals surface area contributed by atoms with Crippen LogP contribution in [0.25, 0.3) is 0 Å². The highest BCUT2D eigenvalue weighted by Gasteiger charge is 2.29. The topological polar surface area (TPSA) is 24.3 Å². The van der Waals surface area contributed by atoms with Gasteiger partial charge in [0.1, 0.15) is 5.82 Å². The molecule has 158 valence electrons. The Morgan fingerprint density at radius 1 is 1.03 bits per heavy atom. The molecule has 4 heteroatoms. The third kappa shape index (κ3) is 3.83. The normalized spacial score (nSPS) is 13.4. The average molecular weight is 403 g/mol. The zero-order chi connectivity index (χ0) is 21.3. The van der Waals surface area contributed by atoms with Crippen molar-refractivity contribution in [2.45, 2.75) is 53.5 Å². The SMILES string of the molecule is CCCN(Cc1ccccc1)c1c2c(nn1C)N(c1c(C)cc(C)cc1C)CCC2. The van der Waals surface area contributed by atoms with E-state index in [1.807, 2.05) is 0 Å². The number of rotatable bonds is 6. The summed E-state index contributed by atoms with van der Waals surface area (Å²) >= 11 is 0. The average Bonchev–Trinajstić information content (AvgIpc) is 3.04. The molecule has 3 aromatic rings. The molecule has 0 aliphatic carbocycles. The maximum atomic E-state index is 5.06. The molecular formula is C26H34N4. The van der Waals surface area contributed by atoms with E-state index in [-0.39, 0.29) is 0 Å². The second kappa shape index (κ2) is 8.55. The Bertz CT molecular complexity index is 996. The van der Waals surface area contributed by atoms with E-state index in [4.69, 9.17) is 5.10 Å². The second-order valence-corrected chi connectivity index (χ2v) is 8.66. The maximum Gasteiger partial charge on any atom is 0.160 e. The van der Waals surface area contributed by atoms with Crippen LogP contribution in [0.15, 0.2) is 42.5 Å². The molecule has 0 spiro atoms. The van der Waals surface area contributed by atoms with E-state index in [1.54, 1.807) is 0 Å². The van der Waals surface area contributed by atoms with Gasteiger partial charge in [-0.05, 0) is 56.7 Å². The largest absolute Gasteiger partial charge is 0.352 e. The van der Waals surface area contributed by atoms with Crippen molar-refractivity contribution in [3.63, 3.8) is 0 Å². The maximum absolute atomic E-state index is 5.06. The first-order valence-corrected chi connectivity index (χ1v) is 11.2. The molecular weight excluding hydrogens is 368 g/mol. The molecule has 1 aromatic heterocycles. The Morgan fingerprint density at radius 3 is 2.40 bits per heavy atom. The molecule has 0 saturated heterocycles. The van der Waals surface area contributed by atoms with Gasteiger partial charge in [-0.3, -0.25) is 4.68 Å². The smallest absolute Gasteiger partial charge is 0.160 e. The van der Waals surface area contributed by atoms with Gasteiger partial charge in [0.25, 0.3) is 0 Å². The minimum atomic E-state index is 0.920. The number of fused-ring (bicyclic) bond motifs is 1. The number of anilines is 3. The lowest BCUT2D eigenvalue weighted by molar-refractivity contribution is 0.686. The van der Waals surface area contributed by atoms with E-state index in [1.165, 1.54) is 39.3 Å². The Hall–Kier alpha value is -2.75. The van der Waals surface area contributed by atoms with Crippen LogP contribution in [0, 0.1) is 20.8 Å². The Balaban J connectivity index is 1.76. The van der Waals surface area contributed by atoms with Crippen molar-refractivity contribution in [1.29, 1.82) is 0 Å². The van der Waals surface area contributed by atoms with E-state index >= 15 is 0 Å². The summed E-state index contributed by atoms with van der Waals surface area (Å²) in [5.74, 6) is 2.42. The van der Waals surface area contributed by atoms with Crippen LogP contribution in [0.2, 0.25) is 0 Å². The van der Waals surface area contributed by atoms with Crippen LogP contribution in [-0.4, -0.2) is 22.9 Å². The molecule has 0 atom stereocenters. The highest BCUT2D eigenvalue weighted by atomic mass is 15.4. The molecule has 0 unspecified atom stereocenters. The summed E-state index contributed by atoms with van der Waals surface area (Å²) < 4.78 is 2.11. The van der Waals surface area contributed by atoms with E-state index in [0.717, 1.165) is 44.7 Å². The summed E-state index contributed by atoms with van der Waals surface area (Å²) in [6.07, 6.45) is 3.37. The molecule has 30 heavy (non-hydrogen) atoms. The molecule has 4 rings (SSSR count). The van der Waals surface area contributed by atoms with Gasteiger partial charge in [0, 0.05) is 37.9 Å². The summed E-state index contributed by atoms with van der Waals surface area (Å²) in [7, 11) is 2.11. The minimum Gasteiger partial charge on any atom is -0.352 e. The van der Waals surface area contributed by atoms with Crippen LogP contribution in [0.5, 0.6) is 0 Å². The Kier molecular flexibility index (Phi) is 5.85. The summed E-state index contributed by atoms with van der Waals surface area (Å²) in [6.45, 7) is 11.9. The fourth-order valence-electron chi connectivity index (χ4n) is 5.05. The van der Waals surface area contributed by atoms with Crippen molar-refractivity contribution in [1.82, 2.24) is 9.78 Å². The molecule has 2 heterocycles. The first-order valence-electron chi connectivity index (χ1n) is 11.2. The van der Waals surface area contributed by atoms with Gasteiger partial charge in [0.05, 0.1) is 0 Å². The fourth-order valence-corrected chi connectivity index (χ4v) is 5.05. The molecule has 0 bridgehead atoms. The highest BCUT2D eigenvalue weighted by molar-refractivity contribution is 5.74. The summed E-state index contributed by atoms with van der Waals surface area (Å²) in [6, 6.07) is 15.4. The van der Waals surface area contributed by atoms with Crippen molar-refractivity contribution in [2.75, 3.05) is 22.9 Å². The molecule has 1 aliphatic heterocycles. The van der Waals surface area contributed by atoms with Crippen LogP contribution in [0.3, 0.4) is 0 Å². The molecule has 0 N–H and O–H groups in total. The lowest BCUT2D eigenvalue weighted by Gasteiger charge is -2.32. The Labute approximate surface area is 181 Å². The molecule has 0 saturated carbocycles. The monoisotopic (exact) mass is 402 g/mol. The molecule has 4 nitrogen and oxygen atoms in total. The number of aromatic nitrogens is 2. The highest BCUT2D eigenvalue weighted by Crippen LogP contribution is 2.41. The van der Waals surface area contributed by atoms with Crippen LogP contribution in [0.4, 0.5) is 17.3 Å². The second-order valence-electron chi connectivity index (χ2n) is 8.66. The first-order chi connectivity index (χ1) is 14.5. The van der Waals surface area contributed by atoms with Gasteiger partial charge in [-0.15, -0.1) is 0 Å². The lowest BCUT2D eigenvalue weighted by atomic mass is 10.00. The van der Waals surface area contributed by atoms with Gasteiger partial charge in [-0.2, -0.15) is 5.10 Å². The van der Waals surface area contributed by atoms with Gasteiger partial charge in [0.2, 0.25) is 0 Å². The van der Waals surface area contributed by atoms with Crippen molar-refractivity contribution in [3.8, 4) is 0 Å². The van der Waals surface area contributed by atoms with Gasteiger partial charge in [-0.25, -0.2) is 0 Å². The predicted molar refractivity (Wildman–Crippen MR) is 127 cm³/mol. The van der Waals surface area contributed by atoms with E-state index in [9.17, 15) is 0 Å². The number of hydrogen-bond donors (Lipinski definition) is 0. The quantitative estimate of drug-likeness (QED) is 0.517. The molecule has 0 amide bonds. The first kappa shape index (κ1) is 20.5. The van der Waals surface area contributed by atoms with Crippen molar-refractivity contribution >= 4 is 17.3 Å². The van der Waals surface area contributed by atoms with Crippen molar-refractivity contribution < 1.29 is 0 Å². The van der Waals surface area contributed by atoms with Gasteiger partial charge in [0.15, 0.2) is 5.82 Å². The molecule has 0 radical (unpaired) electrons. The molecule has 0 fully saturated rings. The Morgan fingerprint density at radius 2 is 1.73 bits per heavy atom. The van der Waals surface area contributed by atoms with Crippen LogP contribution < -0.4 is 9.80 Å². The third-order valence-corrected chi connectivity index (χ3v) is 6.07. The number of hydrogen-bond acceptors (Lipinski definition) is 3. The van der Waals surface area contributed by atoms with E-state index < -0.39 is 0 Å². The van der Waals surface area contributed by atoms with E-state index in [0.29, 0.717) is 0 Å². The standard InChI is InChI=1S/C26H34N4/c1-6-14-29(18-22-11-8-7-9-12-22)26-23-13-10-15-30(25(23)27-28(26)5)24-20(3)16-19(2)17-21(24)4/h7-9,11-12,16-17H,6,10,13-15,18H2,1-5H3. The third-order valence-electron chi connectivity index (χ3n) is 6.07. The number of aryl methyl sites for hydroxylation is 4. The minimum absolute atomic E-state index is 0.920. The zero-order valence-electron chi connectivity index (χ0n) is 19.1. The van der Waals surface area contributed by atoms with Crippen molar-refractivity contribution in [3.05, 3.63) is 70.3 Å². The lowest BCUT2D eigenvalue weighted by Crippen LogP contribution is -2.29. The van der Waals surface area contributed by atoms with Crippen LogP contribution in [0.1, 0.15) is 47.6 Å².